The highest BCUT2D eigenvalue weighted by molar-refractivity contribution is 6.12. The van der Waals surface area contributed by atoms with Crippen molar-refractivity contribution in [2.75, 3.05) is 45.9 Å². The molecule has 1 unspecified atom stereocenters. The summed E-state index contributed by atoms with van der Waals surface area (Å²) in [6.45, 7) is 4.37. The minimum absolute atomic E-state index is 0.0116. The predicted octanol–water partition coefficient (Wildman–Crippen LogP) is 5.31. The standard InChI is InChI=1S/C40H48F3N5O5/c1-27(49)40(52)48(24-30-23-45(25-34(30)43)17-7-2-3-8-18-47-36(50)13-14-37(47)51)38(29-15-19-53-20-16-29)39-44-35(32-21-31(41)11-12-33(32)42)26-46(39)22-28-9-5-4-6-10-28/h4-6,9-14,21,26-27,29-30,34,38,49H,2-3,7-8,15-20,22-25H2,1H3/t27-,30?,34-,38+/m0/s1. The number of aromatic nitrogens is 2. The lowest BCUT2D eigenvalue weighted by Crippen LogP contribution is -2.48. The number of rotatable bonds is 16. The zero-order chi connectivity index (χ0) is 37.5. The molecule has 0 radical (unpaired) electrons. The first-order chi connectivity index (χ1) is 25.6. The van der Waals surface area contributed by atoms with E-state index in [1.165, 1.54) is 24.0 Å². The van der Waals surface area contributed by atoms with Crippen LogP contribution >= 0.6 is 0 Å². The third kappa shape index (κ3) is 9.43. The van der Waals surface area contributed by atoms with E-state index in [4.69, 9.17) is 9.72 Å². The van der Waals surface area contributed by atoms with E-state index in [1.54, 1.807) is 11.1 Å². The molecule has 4 atom stereocenters. The number of hydrogen-bond donors (Lipinski definition) is 1. The van der Waals surface area contributed by atoms with Gasteiger partial charge in [-0.15, -0.1) is 0 Å². The van der Waals surface area contributed by atoms with Crippen LogP contribution in [0.15, 0.2) is 66.9 Å². The largest absolute Gasteiger partial charge is 0.384 e. The van der Waals surface area contributed by atoms with Crippen molar-refractivity contribution in [3.05, 3.63) is 89.9 Å². The van der Waals surface area contributed by atoms with Crippen molar-refractivity contribution < 1.29 is 37.4 Å². The van der Waals surface area contributed by atoms with Crippen LogP contribution in [0.4, 0.5) is 13.2 Å². The second kappa shape index (κ2) is 17.7. The monoisotopic (exact) mass is 735 g/mol. The molecule has 10 nitrogen and oxygen atoms in total. The number of carbonyl (C=O) groups excluding carboxylic acids is 3. The van der Waals surface area contributed by atoms with Gasteiger partial charge in [0.05, 0.1) is 11.7 Å². The van der Waals surface area contributed by atoms with Crippen molar-refractivity contribution in [3.8, 4) is 11.3 Å². The van der Waals surface area contributed by atoms with Crippen molar-refractivity contribution in [3.63, 3.8) is 0 Å². The Labute approximate surface area is 308 Å². The van der Waals surface area contributed by atoms with Gasteiger partial charge in [-0.1, -0.05) is 43.2 Å². The summed E-state index contributed by atoms with van der Waals surface area (Å²) in [6.07, 6.45) is 6.03. The van der Waals surface area contributed by atoms with E-state index in [9.17, 15) is 23.9 Å². The third-order valence-electron chi connectivity index (χ3n) is 10.5. The molecule has 284 valence electrons. The number of nitrogens with zero attached hydrogens (tertiary/aromatic N) is 5. The average molecular weight is 736 g/mol. The summed E-state index contributed by atoms with van der Waals surface area (Å²) < 4.78 is 53.0. The number of aliphatic hydroxyl groups excluding tert-OH is 1. The van der Waals surface area contributed by atoms with E-state index < -0.39 is 41.8 Å². The summed E-state index contributed by atoms with van der Waals surface area (Å²) in [5.74, 6) is -2.60. The highest BCUT2D eigenvalue weighted by Gasteiger charge is 2.42. The van der Waals surface area contributed by atoms with Crippen LogP contribution in [0, 0.1) is 23.5 Å². The van der Waals surface area contributed by atoms with E-state index in [0.717, 1.165) is 43.0 Å². The van der Waals surface area contributed by atoms with Crippen LogP contribution in [-0.2, 0) is 25.7 Å². The van der Waals surface area contributed by atoms with Gasteiger partial charge < -0.3 is 19.3 Å². The van der Waals surface area contributed by atoms with Crippen molar-refractivity contribution in [1.29, 1.82) is 0 Å². The van der Waals surface area contributed by atoms with Gasteiger partial charge in [0.2, 0.25) is 0 Å². The fourth-order valence-electron chi connectivity index (χ4n) is 7.75. The van der Waals surface area contributed by atoms with Gasteiger partial charge in [0.15, 0.2) is 0 Å². The van der Waals surface area contributed by atoms with Crippen LogP contribution in [0.25, 0.3) is 11.3 Å². The summed E-state index contributed by atoms with van der Waals surface area (Å²) in [5.41, 5.74) is 1.13. The number of carbonyl (C=O) groups is 3. The second-order valence-corrected chi connectivity index (χ2v) is 14.4. The average Bonchev–Trinajstić information content (AvgIpc) is 3.83. The number of benzene rings is 2. The van der Waals surface area contributed by atoms with E-state index in [-0.39, 0.29) is 42.1 Å². The van der Waals surface area contributed by atoms with E-state index >= 15 is 8.78 Å². The lowest BCUT2D eigenvalue weighted by atomic mass is 9.88. The van der Waals surface area contributed by atoms with Gasteiger partial charge in [-0.25, -0.2) is 18.2 Å². The molecular formula is C40H48F3N5O5. The number of ether oxygens (including phenoxy) is 1. The van der Waals surface area contributed by atoms with E-state index in [0.29, 0.717) is 64.5 Å². The first-order valence-corrected chi connectivity index (χ1v) is 18.6. The van der Waals surface area contributed by atoms with Crippen LogP contribution in [0.1, 0.15) is 62.9 Å². The Bertz CT molecular complexity index is 1740. The molecule has 6 rings (SSSR count). The number of imide groups is 1. The van der Waals surface area contributed by atoms with Crippen LogP contribution in [0.2, 0.25) is 0 Å². The van der Waals surface area contributed by atoms with Crippen LogP contribution in [-0.4, -0.2) is 105 Å². The minimum atomic E-state index is -1.37. The van der Waals surface area contributed by atoms with E-state index in [2.05, 4.69) is 4.90 Å². The van der Waals surface area contributed by atoms with E-state index in [1.807, 2.05) is 34.9 Å². The van der Waals surface area contributed by atoms with Gasteiger partial charge in [-0.05, 0) is 68.8 Å². The first-order valence-electron chi connectivity index (χ1n) is 18.6. The summed E-state index contributed by atoms with van der Waals surface area (Å²) in [4.78, 5) is 47.4. The van der Waals surface area contributed by atoms with Gasteiger partial charge >= 0.3 is 0 Å². The maximum Gasteiger partial charge on any atom is 0.253 e. The first kappa shape index (κ1) is 38.4. The molecule has 0 spiro atoms. The number of alkyl halides is 1. The van der Waals surface area contributed by atoms with Gasteiger partial charge in [0.1, 0.15) is 29.7 Å². The molecule has 0 aliphatic carbocycles. The van der Waals surface area contributed by atoms with Gasteiger partial charge in [-0.3, -0.25) is 24.2 Å². The molecule has 13 heteroatoms. The number of imidazole rings is 1. The summed E-state index contributed by atoms with van der Waals surface area (Å²) in [5, 5.41) is 10.7. The lowest BCUT2D eigenvalue weighted by Gasteiger charge is -2.40. The second-order valence-electron chi connectivity index (χ2n) is 14.4. The minimum Gasteiger partial charge on any atom is -0.384 e. The Morgan fingerprint density at radius 3 is 2.38 bits per heavy atom. The van der Waals surface area contributed by atoms with Gasteiger partial charge in [0, 0.05) is 75.8 Å². The summed E-state index contributed by atoms with van der Waals surface area (Å²) in [6, 6.07) is 12.1. The Balaban J connectivity index is 1.23. The Hall–Kier alpha value is -4.33. The topological polar surface area (TPSA) is 108 Å². The fraction of sp³-hybridized carbons (Fsp3) is 0.500. The zero-order valence-corrected chi connectivity index (χ0v) is 30.1. The number of unbranched alkanes of at least 4 members (excludes halogenated alkanes) is 3. The van der Waals surface area contributed by atoms with Crippen molar-refractivity contribution >= 4 is 17.7 Å². The molecule has 2 fully saturated rings. The predicted molar refractivity (Wildman–Crippen MR) is 192 cm³/mol. The molecule has 2 saturated heterocycles. The fourth-order valence-corrected chi connectivity index (χ4v) is 7.75. The molecule has 3 aliphatic heterocycles. The van der Waals surface area contributed by atoms with Crippen molar-refractivity contribution in [1.82, 2.24) is 24.3 Å². The Kier molecular flexibility index (Phi) is 12.8. The van der Waals surface area contributed by atoms with Crippen LogP contribution < -0.4 is 0 Å². The van der Waals surface area contributed by atoms with Crippen LogP contribution in [0.3, 0.4) is 0 Å². The van der Waals surface area contributed by atoms with Crippen molar-refractivity contribution in [2.24, 2.45) is 11.8 Å². The molecule has 3 amide bonds. The number of halogens is 3. The number of hydrogen-bond acceptors (Lipinski definition) is 7. The maximum atomic E-state index is 15.9. The van der Waals surface area contributed by atoms with Crippen LogP contribution in [0.5, 0.6) is 0 Å². The molecule has 3 aliphatic rings. The molecule has 1 N–H and O–H groups in total. The molecule has 2 aromatic carbocycles. The molecule has 0 bridgehead atoms. The zero-order valence-electron chi connectivity index (χ0n) is 30.1. The highest BCUT2D eigenvalue weighted by Crippen LogP contribution is 2.39. The molecule has 3 aromatic rings. The number of amides is 3. The molecule has 1 aromatic heterocycles. The molecule has 4 heterocycles. The Morgan fingerprint density at radius 2 is 1.68 bits per heavy atom. The normalized spacial score (nSPS) is 20.7. The molecule has 0 saturated carbocycles. The molecular weight excluding hydrogens is 687 g/mol. The maximum absolute atomic E-state index is 15.9. The smallest absolute Gasteiger partial charge is 0.253 e. The number of aliphatic hydroxyl groups is 1. The number of likely N-dealkylation sites (tertiary alicyclic amines) is 1. The van der Waals surface area contributed by atoms with Crippen molar-refractivity contribution in [2.45, 2.75) is 70.3 Å². The molecule has 53 heavy (non-hydrogen) atoms. The van der Waals surface area contributed by atoms with Gasteiger partial charge in [0.25, 0.3) is 17.7 Å². The van der Waals surface area contributed by atoms with Gasteiger partial charge in [-0.2, -0.15) is 0 Å². The summed E-state index contributed by atoms with van der Waals surface area (Å²) >= 11 is 0. The Morgan fingerprint density at radius 1 is 0.981 bits per heavy atom. The lowest BCUT2D eigenvalue weighted by molar-refractivity contribution is -0.145. The summed E-state index contributed by atoms with van der Waals surface area (Å²) in [7, 11) is 0. The third-order valence-corrected chi connectivity index (χ3v) is 10.5. The SMILES string of the molecule is C[C@H](O)C(=O)N(CC1CN(CCCCCCN2C(=O)C=CC2=O)C[C@@H]1F)[C@@H](c1nc(-c2cc(F)ccc2F)cn1Cc1ccccc1)C1CCOCC1. The highest BCUT2D eigenvalue weighted by atomic mass is 19.1. The quantitative estimate of drug-likeness (QED) is 0.157.